The van der Waals surface area contributed by atoms with Crippen molar-refractivity contribution in [2.75, 3.05) is 11.9 Å². The van der Waals surface area contributed by atoms with E-state index in [4.69, 9.17) is 0 Å². The molecule has 0 amide bonds. The number of thioether (sulfide) groups is 1. The molecule has 0 radical (unpaired) electrons. The molecule has 2 rings (SSSR count). The Hall–Kier alpha value is -1.55. The van der Waals surface area contributed by atoms with Gasteiger partial charge in [0.25, 0.3) is 0 Å². The van der Waals surface area contributed by atoms with E-state index in [-0.39, 0.29) is 0 Å². The van der Waals surface area contributed by atoms with Crippen molar-refractivity contribution >= 4 is 17.6 Å². The molecule has 0 spiro atoms. The fourth-order valence-corrected chi connectivity index (χ4v) is 2.55. The Labute approximate surface area is 118 Å². The lowest BCUT2D eigenvalue weighted by molar-refractivity contribution is 0.951. The molecule has 3 nitrogen and oxygen atoms in total. The molecule has 1 N–H and O–H groups in total. The molecule has 0 bridgehead atoms. The molecule has 0 atom stereocenters. The van der Waals surface area contributed by atoms with Crippen LogP contribution >= 0.6 is 11.8 Å². The number of benzene rings is 1. The van der Waals surface area contributed by atoms with E-state index >= 15 is 0 Å². The number of aryl methyl sites for hydroxylation is 1. The van der Waals surface area contributed by atoms with Crippen molar-refractivity contribution in [2.24, 2.45) is 0 Å². The minimum Gasteiger partial charge on any atom is -0.370 e. The van der Waals surface area contributed by atoms with Crippen molar-refractivity contribution in [3.8, 4) is 0 Å². The van der Waals surface area contributed by atoms with Crippen molar-refractivity contribution in [1.29, 1.82) is 0 Å². The predicted molar refractivity (Wildman–Crippen MR) is 81.6 cm³/mol. The Kier molecular flexibility index (Phi) is 5.21. The van der Waals surface area contributed by atoms with Crippen LogP contribution in [0.5, 0.6) is 0 Å². The Morgan fingerprint density at radius 3 is 2.95 bits per heavy atom. The number of hydrogen-bond acceptors (Lipinski definition) is 4. The monoisotopic (exact) mass is 273 g/mol. The van der Waals surface area contributed by atoms with Gasteiger partial charge in [0.2, 0.25) is 0 Å². The van der Waals surface area contributed by atoms with Crippen LogP contribution in [0.1, 0.15) is 24.7 Å². The van der Waals surface area contributed by atoms with Crippen molar-refractivity contribution in [3.63, 3.8) is 0 Å². The van der Waals surface area contributed by atoms with Gasteiger partial charge in [0.15, 0.2) is 0 Å². The average Bonchev–Trinajstić information content (AvgIpc) is 2.43. The molecule has 4 heteroatoms. The third-order valence-corrected chi connectivity index (χ3v) is 3.61. The van der Waals surface area contributed by atoms with Crippen LogP contribution in [0.4, 0.5) is 5.82 Å². The van der Waals surface area contributed by atoms with Crippen LogP contribution in [0, 0.1) is 6.92 Å². The Morgan fingerprint density at radius 1 is 1.26 bits per heavy atom. The summed E-state index contributed by atoms with van der Waals surface area (Å²) in [7, 11) is 0. The van der Waals surface area contributed by atoms with Gasteiger partial charge in [-0.05, 0) is 31.5 Å². The van der Waals surface area contributed by atoms with Crippen LogP contribution < -0.4 is 5.32 Å². The largest absolute Gasteiger partial charge is 0.370 e. The lowest BCUT2D eigenvalue weighted by Gasteiger charge is -2.06. The molecule has 0 fully saturated rings. The average molecular weight is 273 g/mol. The lowest BCUT2D eigenvalue weighted by atomic mass is 10.2. The van der Waals surface area contributed by atoms with Gasteiger partial charge in [-0.3, -0.25) is 0 Å². The van der Waals surface area contributed by atoms with Crippen LogP contribution in [-0.4, -0.2) is 16.5 Å². The number of nitrogens with one attached hydrogen (secondary N) is 1. The summed E-state index contributed by atoms with van der Waals surface area (Å²) in [5.74, 6) is 2.58. The second-order valence-electron chi connectivity index (χ2n) is 4.39. The third kappa shape index (κ3) is 4.56. The normalized spacial score (nSPS) is 10.4. The van der Waals surface area contributed by atoms with E-state index in [1.54, 1.807) is 11.8 Å². The maximum atomic E-state index is 4.50. The minimum absolute atomic E-state index is 0.797. The lowest BCUT2D eigenvalue weighted by Crippen LogP contribution is -2.04. The number of hydrogen-bond donors (Lipinski definition) is 1. The van der Waals surface area contributed by atoms with E-state index in [1.807, 2.05) is 12.3 Å². The van der Waals surface area contributed by atoms with E-state index in [0.29, 0.717) is 0 Å². The number of anilines is 1. The molecule has 19 heavy (non-hydrogen) atoms. The summed E-state index contributed by atoms with van der Waals surface area (Å²) in [5.41, 5.74) is 1.28. The molecular weight excluding hydrogens is 254 g/mol. The number of nitrogens with zero attached hydrogens (tertiary/aromatic N) is 2. The molecule has 1 aromatic carbocycles. The zero-order valence-corrected chi connectivity index (χ0v) is 12.2. The maximum absolute atomic E-state index is 4.50. The minimum atomic E-state index is 0.797. The highest BCUT2D eigenvalue weighted by molar-refractivity contribution is 7.98. The first kappa shape index (κ1) is 13.9. The highest BCUT2D eigenvalue weighted by Gasteiger charge is 2.01. The van der Waals surface area contributed by atoms with E-state index in [0.717, 1.165) is 30.4 Å². The maximum Gasteiger partial charge on any atom is 0.140 e. The highest BCUT2D eigenvalue weighted by atomic mass is 32.2. The number of rotatable bonds is 6. The molecule has 0 aliphatic heterocycles. The highest BCUT2D eigenvalue weighted by Crippen LogP contribution is 2.22. The topological polar surface area (TPSA) is 37.8 Å². The first-order valence-electron chi connectivity index (χ1n) is 6.53. The van der Waals surface area contributed by atoms with Crippen LogP contribution in [0.2, 0.25) is 0 Å². The van der Waals surface area contributed by atoms with Crippen LogP contribution in [0.15, 0.2) is 41.4 Å². The summed E-state index contributed by atoms with van der Waals surface area (Å²) in [5, 5.41) is 3.28. The summed E-state index contributed by atoms with van der Waals surface area (Å²) in [6.07, 6.45) is 2.91. The van der Waals surface area contributed by atoms with Crippen molar-refractivity contribution in [1.82, 2.24) is 9.97 Å². The fourth-order valence-electron chi connectivity index (χ4n) is 1.67. The molecule has 0 saturated carbocycles. The molecule has 0 aliphatic carbocycles. The Morgan fingerprint density at radius 2 is 2.16 bits per heavy atom. The molecule has 100 valence electrons. The molecule has 2 aromatic rings. The van der Waals surface area contributed by atoms with Crippen LogP contribution in [0.25, 0.3) is 0 Å². The molecule has 0 saturated heterocycles. The second-order valence-corrected chi connectivity index (χ2v) is 5.44. The number of aromatic nitrogens is 2. The van der Waals surface area contributed by atoms with Gasteiger partial charge in [-0.2, -0.15) is 0 Å². The fraction of sp³-hybridized carbons (Fsp3) is 0.333. The SMILES string of the molecule is CCCNc1ccnc(CSc2cccc(C)c2)n1. The van der Waals surface area contributed by atoms with Gasteiger partial charge < -0.3 is 5.32 Å². The quantitative estimate of drug-likeness (QED) is 0.810. The van der Waals surface area contributed by atoms with E-state index < -0.39 is 0 Å². The summed E-state index contributed by atoms with van der Waals surface area (Å²) in [6.45, 7) is 5.19. The van der Waals surface area contributed by atoms with Gasteiger partial charge in [0.05, 0.1) is 5.75 Å². The molecular formula is C15H19N3S. The summed E-state index contributed by atoms with van der Waals surface area (Å²) in [4.78, 5) is 10.1. The van der Waals surface area contributed by atoms with Gasteiger partial charge in [-0.1, -0.05) is 24.6 Å². The molecule has 0 unspecified atom stereocenters. The van der Waals surface area contributed by atoms with E-state index in [2.05, 4.69) is 53.4 Å². The van der Waals surface area contributed by atoms with Crippen LogP contribution in [0.3, 0.4) is 0 Å². The summed E-state index contributed by atoms with van der Waals surface area (Å²) < 4.78 is 0. The smallest absolute Gasteiger partial charge is 0.140 e. The molecule has 1 aromatic heterocycles. The van der Waals surface area contributed by atoms with E-state index in [1.165, 1.54) is 10.5 Å². The van der Waals surface area contributed by atoms with Crippen molar-refractivity contribution < 1.29 is 0 Å². The predicted octanol–water partition coefficient (Wildman–Crippen LogP) is 3.90. The summed E-state index contributed by atoms with van der Waals surface area (Å²) >= 11 is 1.77. The zero-order valence-electron chi connectivity index (χ0n) is 11.4. The van der Waals surface area contributed by atoms with Crippen molar-refractivity contribution in [3.05, 3.63) is 47.9 Å². The van der Waals surface area contributed by atoms with Gasteiger partial charge >= 0.3 is 0 Å². The molecule has 0 aliphatic rings. The first-order chi connectivity index (χ1) is 9.28. The van der Waals surface area contributed by atoms with Crippen molar-refractivity contribution in [2.45, 2.75) is 30.9 Å². The van der Waals surface area contributed by atoms with Crippen LogP contribution in [-0.2, 0) is 5.75 Å². The standard InChI is InChI=1S/C15H19N3S/c1-3-8-16-14-7-9-17-15(18-14)11-19-13-6-4-5-12(2)10-13/h4-7,9-10H,3,8,11H2,1-2H3,(H,16,17,18). The Bertz CT molecular complexity index is 528. The molecule has 1 heterocycles. The van der Waals surface area contributed by atoms with Gasteiger partial charge in [0, 0.05) is 17.6 Å². The second kappa shape index (κ2) is 7.14. The zero-order chi connectivity index (χ0) is 13.5. The third-order valence-electron chi connectivity index (χ3n) is 2.62. The van der Waals surface area contributed by atoms with Gasteiger partial charge in [-0.25, -0.2) is 9.97 Å². The van der Waals surface area contributed by atoms with Gasteiger partial charge in [0.1, 0.15) is 11.6 Å². The Balaban J connectivity index is 1.95. The van der Waals surface area contributed by atoms with E-state index in [9.17, 15) is 0 Å². The summed E-state index contributed by atoms with van der Waals surface area (Å²) in [6, 6.07) is 10.4. The van der Waals surface area contributed by atoms with Gasteiger partial charge in [-0.15, -0.1) is 11.8 Å². The first-order valence-corrected chi connectivity index (χ1v) is 7.52.